The molecule has 0 atom stereocenters. The van der Waals surface area contributed by atoms with E-state index in [1.165, 1.54) is 0 Å². The van der Waals surface area contributed by atoms with Gasteiger partial charge in [0.05, 0.1) is 11.1 Å². The highest BCUT2D eigenvalue weighted by Crippen LogP contribution is 2.29. The topological polar surface area (TPSA) is 105 Å². The summed E-state index contributed by atoms with van der Waals surface area (Å²) in [5.74, 6) is -0.445. The Morgan fingerprint density at radius 2 is 1.04 bits per heavy atom. The summed E-state index contributed by atoms with van der Waals surface area (Å²) < 4.78 is 10.9. The largest absolute Gasteiger partial charge is 0.423 e. The SMILES string of the molecule is Cc1c(OC(=O)c2ccc(N)cc2)cccc1OC(=O)c1ccc(N)cc1. The van der Waals surface area contributed by atoms with Crippen molar-refractivity contribution in [1.82, 2.24) is 0 Å². The minimum Gasteiger partial charge on any atom is -0.423 e. The second-order valence-electron chi connectivity index (χ2n) is 5.90. The highest BCUT2D eigenvalue weighted by Gasteiger charge is 2.15. The third-order valence-electron chi connectivity index (χ3n) is 3.93. The number of nitrogens with two attached hydrogens (primary N) is 2. The van der Waals surface area contributed by atoms with Gasteiger partial charge in [0.15, 0.2) is 0 Å². The van der Waals surface area contributed by atoms with Crippen LogP contribution < -0.4 is 20.9 Å². The van der Waals surface area contributed by atoms with Gasteiger partial charge in [-0.05, 0) is 67.6 Å². The van der Waals surface area contributed by atoms with E-state index in [0.717, 1.165) is 0 Å². The smallest absolute Gasteiger partial charge is 0.343 e. The van der Waals surface area contributed by atoms with E-state index in [1.807, 2.05) is 0 Å². The van der Waals surface area contributed by atoms with Gasteiger partial charge in [0.25, 0.3) is 0 Å². The molecule has 3 aromatic rings. The number of hydrogen-bond acceptors (Lipinski definition) is 6. The quantitative estimate of drug-likeness (QED) is 0.417. The van der Waals surface area contributed by atoms with Crippen molar-refractivity contribution in [3.8, 4) is 11.5 Å². The van der Waals surface area contributed by atoms with Gasteiger partial charge in [0.1, 0.15) is 11.5 Å². The van der Waals surface area contributed by atoms with E-state index in [-0.39, 0.29) is 0 Å². The molecule has 0 heterocycles. The van der Waals surface area contributed by atoms with Crippen LogP contribution >= 0.6 is 0 Å². The van der Waals surface area contributed by atoms with Crippen LogP contribution in [0.15, 0.2) is 66.7 Å². The second-order valence-corrected chi connectivity index (χ2v) is 5.90. The fourth-order valence-corrected chi connectivity index (χ4v) is 2.37. The Morgan fingerprint density at radius 1 is 0.667 bits per heavy atom. The van der Waals surface area contributed by atoms with E-state index in [1.54, 1.807) is 73.7 Å². The van der Waals surface area contributed by atoms with Gasteiger partial charge in [-0.25, -0.2) is 9.59 Å². The number of hydrogen-bond donors (Lipinski definition) is 2. The van der Waals surface area contributed by atoms with Gasteiger partial charge in [-0.1, -0.05) is 6.07 Å². The van der Waals surface area contributed by atoms with Gasteiger partial charge in [-0.3, -0.25) is 0 Å². The predicted molar refractivity (Wildman–Crippen MR) is 103 cm³/mol. The molecule has 0 aromatic heterocycles. The Bertz CT molecular complexity index is 902. The molecular weight excluding hydrogens is 344 g/mol. The summed E-state index contributed by atoms with van der Waals surface area (Å²) in [4.78, 5) is 24.6. The van der Waals surface area contributed by atoms with E-state index < -0.39 is 11.9 Å². The molecular formula is C21H18N2O4. The van der Waals surface area contributed by atoms with Crippen molar-refractivity contribution in [1.29, 1.82) is 0 Å². The van der Waals surface area contributed by atoms with Crippen LogP contribution in [0, 0.1) is 6.92 Å². The maximum Gasteiger partial charge on any atom is 0.343 e. The molecule has 6 heteroatoms. The molecule has 3 rings (SSSR count). The van der Waals surface area contributed by atoms with E-state index in [9.17, 15) is 9.59 Å². The molecule has 0 bridgehead atoms. The van der Waals surface area contributed by atoms with Crippen LogP contribution in [-0.2, 0) is 0 Å². The minimum atomic E-state index is -0.528. The van der Waals surface area contributed by atoms with E-state index >= 15 is 0 Å². The van der Waals surface area contributed by atoms with Crippen molar-refractivity contribution in [2.45, 2.75) is 6.92 Å². The van der Waals surface area contributed by atoms with E-state index in [0.29, 0.717) is 39.6 Å². The maximum atomic E-state index is 12.3. The summed E-state index contributed by atoms with van der Waals surface area (Å²) in [7, 11) is 0. The number of carbonyl (C=O) groups excluding carboxylic acids is 2. The fourth-order valence-electron chi connectivity index (χ4n) is 2.37. The molecule has 0 aliphatic carbocycles. The Balaban J connectivity index is 1.77. The van der Waals surface area contributed by atoms with Crippen molar-refractivity contribution in [2.24, 2.45) is 0 Å². The van der Waals surface area contributed by atoms with Gasteiger partial charge in [0, 0.05) is 16.9 Å². The van der Waals surface area contributed by atoms with Gasteiger partial charge in [0.2, 0.25) is 0 Å². The highest BCUT2D eigenvalue weighted by atomic mass is 16.5. The Kier molecular flexibility index (Phi) is 5.08. The molecule has 27 heavy (non-hydrogen) atoms. The van der Waals surface area contributed by atoms with Crippen LogP contribution in [0.3, 0.4) is 0 Å². The Morgan fingerprint density at radius 3 is 1.41 bits per heavy atom. The van der Waals surface area contributed by atoms with Crippen molar-refractivity contribution >= 4 is 23.3 Å². The normalized spacial score (nSPS) is 10.3. The molecule has 6 nitrogen and oxygen atoms in total. The number of benzene rings is 3. The zero-order valence-electron chi connectivity index (χ0n) is 14.6. The van der Waals surface area contributed by atoms with Crippen molar-refractivity contribution in [3.63, 3.8) is 0 Å². The first kappa shape index (κ1) is 18.0. The molecule has 0 aliphatic heterocycles. The lowest BCUT2D eigenvalue weighted by Gasteiger charge is -2.12. The Labute approximate surface area is 156 Å². The number of esters is 2. The molecule has 4 N–H and O–H groups in total. The fraction of sp³-hybridized carbons (Fsp3) is 0.0476. The van der Waals surface area contributed by atoms with Crippen LogP contribution in [0.25, 0.3) is 0 Å². The van der Waals surface area contributed by atoms with Gasteiger partial charge in [-0.2, -0.15) is 0 Å². The summed E-state index contributed by atoms with van der Waals surface area (Å²) in [6.07, 6.45) is 0. The Hall–Kier alpha value is -3.80. The summed E-state index contributed by atoms with van der Waals surface area (Å²) in [6, 6.07) is 17.7. The molecule has 0 fully saturated rings. The summed E-state index contributed by atoms with van der Waals surface area (Å²) in [5.41, 5.74) is 13.6. The first-order valence-electron chi connectivity index (χ1n) is 8.19. The van der Waals surface area contributed by atoms with E-state index in [4.69, 9.17) is 20.9 Å². The van der Waals surface area contributed by atoms with Crippen molar-refractivity contribution < 1.29 is 19.1 Å². The molecule has 3 aromatic carbocycles. The highest BCUT2D eigenvalue weighted by molar-refractivity contribution is 5.92. The molecule has 0 saturated carbocycles. The standard InChI is InChI=1S/C21H18N2O4/c1-13-18(26-20(24)14-5-9-16(22)10-6-14)3-2-4-19(13)27-21(25)15-7-11-17(23)12-8-15/h2-12H,22-23H2,1H3. The molecule has 136 valence electrons. The summed E-state index contributed by atoms with van der Waals surface area (Å²) in [5, 5.41) is 0. The maximum absolute atomic E-state index is 12.3. The van der Waals surface area contributed by atoms with Crippen molar-refractivity contribution in [2.75, 3.05) is 11.5 Å². The van der Waals surface area contributed by atoms with Crippen molar-refractivity contribution in [3.05, 3.63) is 83.4 Å². The monoisotopic (exact) mass is 362 g/mol. The van der Waals surface area contributed by atoms with Crippen LogP contribution in [-0.4, -0.2) is 11.9 Å². The molecule has 0 spiro atoms. The second kappa shape index (κ2) is 7.61. The average Bonchev–Trinajstić information content (AvgIpc) is 2.66. The number of rotatable bonds is 4. The zero-order valence-corrected chi connectivity index (χ0v) is 14.6. The lowest BCUT2D eigenvalue weighted by molar-refractivity contribution is 0.0730. The molecule has 0 saturated heterocycles. The molecule has 0 radical (unpaired) electrons. The third-order valence-corrected chi connectivity index (χ3v) is 3.93. The first-order valence-corrected chi connectivity index (χ1v) is 8.19. The number of nitrogen functional groups attached to an aromatic ring is 2. The number of anilines is 2. The lowest BCUT2D eigenvalue weighted by Crippen LogP contribution is -2.12. The van der Waals surface area contributed by atoms with Gasteiger partial charge >= 0.3 is 11.9 Å². The molecule has 0 aliphatic rings. The van der Waals surface area contributed by atoms with Gasteiger partial charge < -0.3 is 20.9 Å². The molecule has 0 unspecified atom stereocenters. The van der Waals surface area contributed by atoms with Crippen LogP contribution in [0.4, 0.5) is 11.4 Å². The number of carbonyl (C=O) groups is 2. The first-order chi connectivity index (χ1) is 12.9. The lowest BCUT2D eigenvalue weighted by atomic mass is 10.2. The van der Waals surface area contributed by atoms with Gasteiger partial charge in [-0.15, -0.1) is 0 Å². The van der Waals surface area contributed by atoms with Crippen LogP contribution in [0.5, 0.6) is 11.5 Å². The van der Waals surface area contributed by atoms with E-state index in [2.05, 4.69) is 0 Å². The number of ether oxygens (including phenoxy) is 2. The predicted octanol–water partition coefficient (Wildman–Crippen LogP) is 3.60. The third kappa shape index (κ3) is 4.24. The zero-order chi connectivity index (χ0) is 19.4. The van der Waals surface area contributed by atoms with Crippen LogP contribution in [0.2, 0.25) is 0 Å². The summed E-state index contributed by atoms with van der Waals surface area (Å²) in [6.45, 7) is 1.71. The average molecular weight is 362 g/mol. The minimum absolute atomic E-state index is 0.305. The van der Waals surface area contributed by atoms with Crippen LogP contribution in [0.1, 0.15) is 26.3 Å². The summed E-state index contributed by atoms with van der Waals surface area (Å²) >= 11 is 0. The molecule has 0 amide bonds.